The highest BCUT2D eigenvalue weighted by Crippen LogP contribution is 2.37. The molecular weight excluding hydrogens is 567 g/mol. The third-order valence-corrected chi connectivity index (χ3v) is 10.5. The molecule has 0 bridgehead atoms. The maximum absolute atomic E-state index is 2.48. The fourth-order valence-corrected chi connectivity index (χ4v) is 8.40. The summed E-state index contributed by atoms with van der Waals surface area (Å²) in [4.78, 5) is 0. The number of aromatic nitrogens is 1. The molecule has 0 atom stereocenters. The van der Waals surface area contributed by atoms with Crippen LogP contribution in [0.5, 0.6) is 0 Å². The van der Waals surface area contributed by atoms with Crippen LogP contribution in [-0.4, -0.2) is 4.57 Å². The van der Waals surface area contributed by atoms with Gasteiger partial charge in [-0.1, -0.05) is 121 Å². The Hall–Kier alpha value is -5.66. The summed E-state index contributed by atoms with van der Waals surface area (Å²) in [6.07, 6.45) is 13.9. The van der Waals surface area contributed by atoms with E-state index in [0.717, 1.165) is 25.7 Å². The van der Waals surface area contributed by atoms with E-state index in [1.54, 1.807) is 0 Å². The summed E-state index contributed by atoms with van der Waals surface area (Å²) >= 11 is 0. The van der Waals surface area contributed by atoms with Crippen LogP contribution in [0, 0.1) is 0 Å². The largest absolute Gasteiger partial charge is 0.309 e. The molecule has 2 aliphatic rings. The highest BCUT2D eigenvalue weighted by atomic mass is 15.0. The Morgan fingerprint density at radius 3 is 1.74 bits per heavy atom. The van der Waals surface area contributed by atoms with Crippen molar-refractivity contribution in [3.8, 4) is 27.9 Å². The van der Waals surface area contributed by atoms with Gasteiger partial charge in [-0.3, -0.25) is 0 Å². The van der Waals surface area contributed by atoms with Crippen molar-refractivity contribution in [2.45, 2.75) is 25.7 Å². The molecule has 0 unspecified atom stereocenters. The number of fused-ring (bicyclic) bond motifs is 8. The minimum atomic E-state index is 1.06. The Kier molecular flexibility index (Phi) is 5.90. The summed E-state index contributed by atoms with van der Waals surface area (Å²) in [6.45, 7) is 0. The fourth-order valence-electron chi connectivity index (χ4n) is 8.40. The second-order valence-corrected chi connectivity index (χ2v) is 13.0. The maximum atomic E-state index is 2.48. The first-order valence-corrected chi connectivity index (χ1v) is 16.9. The lowest BCUT2D eigenvalue weighted by Crippen LogP contribution is -2.31. The van der Waals surface area contributed by atoms with Crippen molar-refractivity contribution in [2.24, 2.45) is 0 Å². The summed E-state index contributed by atoms with van der Waals surface area (Å²) < 4.78 is 2.40. The van der Waals surface area contributed by atoms with Crippen LogP contribution in [0.4, 0.5) is 0 Å². The molecule has 0 aliphatic heterocycles. The zero-order valence-corrected chi connectivity index (χ0v) is 26.2. The number of hydrogen-bond acceptors (Lipinski definition) is 0. The molecule has 0 N–H and O–H groups in total. The van der Waals surface area contributed by atoms with Gasteiger partial charge >= 0.3 is 0 Å². The number of allylic oxidation sites excluding steroid dienone is 1. The molecule has 1 heterocycles. The SMILES string of the molecule is C1=Cc2ccc3cc(-c4c5c(c(-c6ccc(-n7c8ccccc8c8ccccc87)cc6)c6ccccc46)=CCCC=5)ccc3c2CC1. The fraction of sp³-hybridized carbons (Fsp3) is 0.0870. The van der Waals surface area contributed by atoms with Crippen molar-refractivity contribution in [3.63, 3.8) is 0 Å². The van der Waals surface area contributed by atoms with Gasteiger partial charge in [-0.05, 0) is 121 Å². The highest BCUT2D eigenvalue weighted by Gasteiger charge is 2.18. The van der Waals surface area contributed by atoms with Gasteiger partial charge in [0.05, 0.1) is 11.0 Å². The predicted octanol–water partition coefficient (Wildman–Crippen LogP) is 10.7. The van der Waals surface area contributed by atoms with Crippen LogP contribution in [0.1, 0.15) is 30.4 Å². The lowest BCUT2D eigenvalue weighted by Gasteiger charge is -2.19. The molecule has 0 amide bonds. The van der Waals surface area contributed by atoms with Crippen LogP contribution in [0.15, 0.2) is 133 Å². The topological polar surface area (TPSA) is 4.93 Å². The molecule has 0 saturated heterocycles. The first-order valence-electron chi connectivity index (χ1n) is 16.9. The van der Waals surface area contributed by atoms with E-state index >= 15 is 0 Å². The summed E-state index contributed by atoms with van der Waals surface area (Å²) in [5, 5.41) is 10.7. The quantitative estimate of drug-likeness (QED) is 0.190. The predicted molar refractivity (Wildman–Crippen MR) is 201 cm³/mol. The minimum absolute atomic E-state index is 1.06. The molecule has 0 saturated carbocycles. The second kappa shape index (κ2) is 10.4. The smallest absolute Gasteiger partial charge is 0.0541 e. The minimum Gasteiger partial charge on any atom is -0.309 e. The normalized spacial score (nSPS) is 13.9. The monoisotopic (exact) mass is 599 g/mol. The molecule has 1 heteroatoms. The average molecular weight is 600 g/mol. The molecule has 0 radical (unpaired) electrons. The van der Waals surface area contributed by atoms with Crippen LogP contribution in [0.2, 0.25) is 0 Å². The van der Waals surface area contributed by atoms with E-state index in [-0.39, 0.29) is 0 Å². The molecule has 0 spiro atoms. The number of nitrogens with zero attached hydrogens (tertiary/aromatic N) is 1. The van der Waals surface area contributed by atoms with Crippen LogP contribution >= 0.6 is 0 Å². The van der Waals surface area contributed by atoms with Gasteiger partial charge in [0, 0.05) is 16.5 Å². The molecule has 0 fully saturated rings. The van der Waals surface area contributed by atoms with Crippen molar-refractivity contribution < 1.29 is 0 Å². The number of benzene rings is 7. The van der Waals surface area contributed by atoms with Crippen LogP contribution in [-0.2, 0) is 6.42 Å². The maximum Gasteiger partial charge on any atom is 0.0541 e. The zero-order chi connectivity index (χ0) is 30.9. The first kappa shape index (κ1) is 26.5. The first-order chi connectivity index (χ1) is 23.3. The van der Waals surface area contributed by atoms with E-state index in [9.17, 15) is 0 Å². The van der Waals surface area contributed by atoms with Crippen molar-refractivity contribution in [2.75, 3.05) is 0 Å². The molecule has 47 heavy (non-hydrogen) atoms. The molecule has 1 nitrogen and oxygen atoms in total. The van der Waals surface area contributed by atoms with Gasteiger partial charge < -0.3 is 4.57 Å². The number of aryl methyl sites for hydroxylation is 1. The van der Waals surface area contributed by atoms with Crippen LogP contribution < -0.4 is 10.4 Å². The Balaban J connectivity index is 1.18. The molecule has 222 valence electrons. The van der Waals surface area contributed by atoms with E-state index in [4.69, 9.17) is 0 Å². The molecule has 2 aliphatic carbocycles. The molecule has 8 aromatic rings. The summed E-state index contributed by atoms with van der Waals surface area (Å²) in [6, 6.07) is 47.6. The van der Waals surface area contributed by atoms with E-state index in [1.807, 2.05) is 0 Å². The zero-order valence-electron chi connectivity index (χ0n) is 26.2. The van der Waals surface area contributed by atoms with Gasteiger partial charge in [0.2, 0.25) is 0 Å². The summed E-state index contributed by atoms with van der Waals surface area (Å²) in [5.74, 6) is 0. The van der Waals surface area contributed by atoms with Gasteiger partial charge in [0.15, 0.2) is 0 Å². The Bertz CT molecular complexity index is 2670. The molecule has 7 aromatic carbocycles. The third-order valence-electron chi connectivity index (χ3n) is 10.5. The van der Waals surface area contributed by atoms with Crippen molar-refractivity contribution >= 4 is 61.6 Å². The second-order valence-electron chi connectivity index (χ2n) is 13.0. The molecular formula is C46H33N. The van der Waals surface area contributed by atoms with Crippen LogP contribution in [0.25, 0.3) is 89.5 Å². The summed E-state index contributed by atoms with van der Waals surface area (Å²) in [5.41, 5.74) is 11.8. The van der Waals surface area contributed by atoms with Gasteiger partial charge in [-0.15, -0.1) is 0 Å². The van der Waals surface area contributed by atoms with Gasteiger partial charge in [0.25, 0.3) is 0 Å². The lowest BCUT2D eigenvalue weighted by molar-refractivity contribution is 0.997. The van der Waals surface area contributed by atoms with E-state index in [0.29, 0.717) is 0 Å². The standard InChI is InChI=1S/C46H33N/c1-2-12-35-30(11-1)21-22-32-29-33(25-28-36(32)35)46-41-17-5-3-15-39(41)45(40-16-4-6-18-42(40)46)31-23-26-34(27-24-31)47-43-19-9-7-13-37(43)38-14-8-10-20-44(38)47/h1,3,5,7-11,13-29H,2,4,6,12H2. The highest BCUT2D eigenvalue weighted by molar-refractivity contribution is 6.10. The Morgan fingerprint density at radius 1 is 0.468 bits per heavy atom. The van der Waals surface area contributed by atoms with Crippen molar-refractivity contribution in [1.82, 2.24) is 4.57 Å². The molecule has 10 rings (SSSR count). The van der Waals surface area contributed by atoms with E-state index in [2.05, 4.69) is 156 Å². The summed E-state index contributed by atoms with van der Waals surface area (Å²) in [7, 11) is 0. The average Bonchev–Trinajstić information content (AvgIpc) is 3.48. The number of rotatable bonds is 3. The van der Waals surface area contributed by atoms with E-state index < -0.39 is 0 Å². The van der Waals surface area contributed by atoms with Crippen molar-refractivity contribution in [3.05, 3.63) is 155 Å². The molecule has 1 aromatic heterocycles. The number of para-hydroxylation sites is 2. The van der Waals surface area contributed by atoms with Crippen LogP contribution in [0.3, 0.4) is 0 Å². The Morgan fingerprint density at radius 2 is 1.06 bits per heavy atom. The van der Waals surface area contributed by atoms with Gasteiger partial charge in [-0.2, -0.15) is 0 Å². The lowest BCUT2D eigenvalue weighted by atomic mass is 9.85. The third kappa shape index (κ3) is 4.03. The Labute approximate surface area is 274 Å². The van der Waals surface area contributed by atoms with E-state index in [1.165, 1.54) is 92.9 Å². The number of hydrogen-bond donors (Lipinski definition) is 0. The van der Waals surface area contributed by atoms with Crippen molar-refractivity contribution in [1.29, 1.82) is 0 Å². The van der Waals surface area contributed by atoms with Gasteiger partial charge in [0.1, 0.15) is 0 Å². The van der Waals surface area contributed by atoms with Gasteiger partial charge in [-0.25, -0.2) is 0 Å².